The van der Waals surface area contributed by atoms with Crippen LogP contribution in [0.5, 0.6) is 0 Å². The van der Waals surface area contributed by atoms with Crippen molar-refractivity contribution in [1.82, 2.24) is 0 Å². The molecule has 1 rings (SSSR count). The number of rotatable bonds is 8. The second-order valence-electron chi connectivity index (χ2n) is 7.25. The summed E-state index contributed by atoms with van der Waals surface area (Å²) in [5, 5.41) is 32.0. The maximum atomic E-state index is 12.7. The number of allylic oxidation sites excluding steroid dienone is 2. The molecule has 0 heterocycles. The topological polar surface area (TPSA) is 94.8 Å². The standard InChI is InChI=1S/C19H30O5/c1-6-14(20)16-17(22)13(9-7-11(2)3)19(24,18(16)23)15(21)10-8-12(4)5/h8,11,13,15,21,23-24H,6-7,9-10H2,1-5H3/t13-,15?,19?/m1/s1. The zero-order valence-corrected chi connectivity index (χ0v) is 15.3. The molecule has 1 aliphatic rings. The molecule has 0 saturated heterocycles. The molecule has 0 bridgehead atoms. The largest absolute Gasteiger partial charge is 0.508 e. The minimum atomic E-state index is -2.10. The Kier molecular flexibility index (Phi) is 6.93. The molecule has 0 aromatic rings. The monoisotopic (exact) mass is 338 g/mol. The van der Waals surface area contributed by atoms with Gasteiger partial charge in [-0.25, -0.2) is 0 Å². The summed E-state index contributed by atoms with van der Waals surface area (Å²) in [5.41, 5.74) is -1.49. The van der Waals surface area contributed by atoms with Crippen molar-refractivity contribution in [2.75, 3.05) is 0 Å². The minimum absolute atomic E-state index is 0.0577. The number of aliphatic hydroxyl groups excluding tert-OH is 2. The van der Waals surface area contributed by atoms with Gasteiger partial charge < -0.3 is 15.3 Å². The van der Waals surface area contributed by atoms with Crippen LogP contribution < -0.4 is 0 Å². The van der Waals surface area contributed by atoms with Crippen molar-refractivity contribution in [3.63, 3.8) is 0 Å². The molecule has 0 amide bonds. The van der Waals surface area contributed by atoms with Crippen LogP contribution in [0.15, 0.2) is 23.0 Å². The van der Waals surface area contributed by atoms with Crippen LogP contribution in [0.2, 0.25) is 0 Å². The Balaban J connectivity index is 3.29. The molecular weight excluding hydrogens is 308 g/mol. The Hall–Kier alpha value is -1.46. The number of ketones is 2. The zero-order valence-electron chi connectivity index (χ0n) is 15.3. The first kappa shape index (κ1) is 20.6. The molecule has 24 heavy (non-hydrogen) atoms. The average Bonchev–Trinajstić information content (AvgIpc) is 2.70. The van der Waals surface area contributed by atoms with Gasteiger partial charge in [0.1, 0.15) is 11.3 Å². The van der Waals surface area contributed by atoms with Crippen LogP contribution in [0.25, 0.3) is 0 Å². The third-order valence-electron chi connectivity index (χ3n) is 4.60. The van der Waals surface area contributed by atoms with Crippen LogP contribution in [-0.2, 0) is 9.59 Å². The van der Waals surface area contributed by atoms with Gasteiger partial charge in [0.2, 0.25) is 0 Å². The second-order valence-corrected chi connectivity index (χ2v) is 7.25. The van der Waals surface area contributed by atoms with Crippen LogP contribution in [0.3, 0.4) is 0 Å². The quantitative estimate of drug-likeness (QED) is 0.467. The van der Waals surface area contributed by atoms with Gasteiger partial charge in [0.05, 0.1) is 12.0 Å². The summed E-state index contributed by atoms with van der Waals surface area (Å²) >= 11 is 0. The van der Waals surface area contributed by atoms with Crippen molar-refractivity contribution in [3.05, 3.63) is 23.0 Å². The van der Waals surface area contributed by atoms with Gasteiger partial charge in [0, 0.05) is 6.42 Å². The molecular formula is C19H30O5. The number of aliphatic hydroxyl groups is 3. The van der Waals surface area contributed by atoms with E-state index in [4.69, 9.17) is 0 Å². The number of carbonyl (C=O) groups excluding carboxylic acids is 2. The predicted octanol–water partition coefficient (Wildman–Crippen LogP) is 2.86. The lowest BCUT2D eigenvalue weighted by molar-refractivity contribution is -0.136. The second kappa shape index (κ2) is 8.08. The van der Waals surface area contributed by atoms with Gasteiger partial charge in [-0.2, -0.15) is 0 Å². The Morgan fingerprint density at radius 1 is 1.33 bits per heavy atom. The molecule has 0 radical (unpaired) electrons. The van der Waals surface area contributed by atoms with Crippen LogP contribution in [-0.4, -0.2) is 38.6 Å². The van der Waals surface area contributed by atoms with E-state index in [1.807, 2.05) is 27.7 Å². The van der Waals surface area contributed by atoms with Gasteiger partial charge in [0.15, 0.2) is 17.2 Å². The molecule has 5 heteroatoms. The van der Waals surface area contributed by atoms with Crippen LogP contribution in [0, 0.1) is 11.8 Å². The molecule has 2 unspecified atom stereocenters. The minimum Gasteiger partial charge on any atom is -0.508 e. The van der Waals surface area contributed by atoms with E-state index in [1.54, 1.807) is 13.0 Å². The summed E-state index contributed by atoms with van der Waals surface area (Å²) in [5.74, 6) is -2.42. The molecule has 0 aromatic carbocycles. The van der Waals surface area contributed by atoms with E-state index in [-0.39, 0.29) is 18.4 Å². The van der Waals surface area contributed by atoms with E-state index in [2.05, 4.69) is 0 Å². The lowest BCUT2D eigenvalue weighted by Crippen LogP contribution is -2.49. The number of hydrogen-bond donors (Lipinski definition) is 3. The van der Waals surface area contributed by atoms with Crippen molar-refractivity contribution in [2.45, 2.75) is 72.0 Å². The zero-order chi connectivity index (χ0) is 18.7. The third kappa shape index (κ3) is 3.95. The SMILES string of the molecule is CCC(=O)C1=C(O)C(O)(C(O)CC=C(C)C)[C@H](CCC(C)C)C1=O. The summed E-state index contributed by atoms with van der Waals surface area (Å²) in [7, 11) is 0. The van der Waals surface area contributed by atoms with Gasteiger partial charge in [-0.1, -0.05) is 38.8 Å². The highest BCUT2D eigenvalue weighted by Crippen LogP contribution is 2.43. The van der Waals surface area contributed by atoms with Crippen LogP contribution >= 0.6 is 0 Å². The molecule has 1 aliphatic carbocycles. The van der Waals surface area contributed by atoms with E-state index in [0.717, 1.165) is 5.57 Å². The van der Waals surface area contributed by atoms with Crippen LogP contribution in [0.4, 0.5) is 0 Å². The van der Waals surface area contributed by atoms with E-state index in [0.29, 0.717) is 18.8 Å². The molecule has 5 nitrogen and oxygen atoms in total. The molecule has 3 N–H and O–H groups in total. The van der Waals surface area contributed by atoms with E-state index in [9.17, 15) is 24.9 Å². The molecule has 0 spiro atoms. The highest BCUT2D eigenvalue weighted by atomic mass is 16.4. The number of hydrogen-bond acceptors (Lipinski definition) is 5. The highest BCUT2D eigenvalue weighted by Gasteiger charge is 2.57. The van der Waals surface area contributed by atoms with E-state index >= 15 is 0 Å². The van der Waals surface area contributed by atoms with Crippen molar-refractivity contribution in [2.24, 2.45) is 11.8 Å². The third-order valence-corrected chi connectivity index (χ3v) is 4.60. The first-order chi connectivity index (χ1) is 11.1. The number of carbonyl (C=O) groups is 2. The normalized spacial score (nSPS) is 25.3. The predicted molar refractivity (Wildman–Crippen MR) is 92.5 cm³/mol. The molecule has 0 saturated carbocycles. The van der Waals surface area contributed by atoms with E-state index < -0.39 is 34.9 Å². The first-order valence-corrected chi connectivity index (χ1v) is 8.62. The summed E-state index contributed by atoms with van der Waals surface area (Å²) in [6.45, 7) is 9.28. The highest BCUT2D eigenvalue weighted by molar-refractivity contribution is 6.23. The molecule has 0 aliphatic heterocycles. The van der Waals surface area contributed by atoms with Crippen molar-refractivity contribution in [3.8, 4) is 0 Å². The Morgan fingerprint density at radius 3 is 2.38 bits per heavy atom. The summed E-state index contributed by atoms with van der Waals surface area (Å²) < 4.78 is 0. The smallest absolute Gasteiger partial charge is 0.176 e. The Bertz CT molecular complexity index is 554. The lowest BCUT2D eigenvalue weighted by atomic mass is 9.78. The molecule has 0 aromatic heterocycles. The average molecular weight is 338 g/mol. The van der Waals surface area contributed by atoms with Gasteiger partial charge in [-0.3, -0.25) is 9.59 Å². The Labute approximate surface area is 144 Å². The van der Waals surface area contributed by atoms with Gasteiger partial charge >= 0.3 is 0 Å². The van der Waals surface area contributed by atoms with Gasteiger partial charge in [0.25, 0.3) is 0 Å². The maximum absolute atomic E-state index is 12.7. The molecule has 3 atom stereocenters. The molecule has 136 valence electrons. The van der Waals surface area contributed by atoms with Gasteiger partial charge in [-0.05, 0) is 32.6 Å². The fraction of sp³-hybridized carbons (Fsp3) is 0.684. The van der Waals surface area contributed by atoms with Crippen molar-refractivity contribution in [1.29, 1.82) is 0 Å². The van der Waals surface area contributed by atoms with Gasteiger partial charge in [-0.15, -0.1) is 0 Å². The summed E-state index contributed by atoms with van der Waals surface area (Å²) in [4.78, 5) is 24.7. The van der Waals surface area contributed by atoms with E-state index in [1.165, 1.54) is 0 Å². The first-order valence-electron chi connectivity index (χ1n) is 8.62. The number of Topliss-reactive ketones (excluding diaryl/α,β-unsaturated/α-hetero) is 2. The fourth-order valence-corrected chi connectivity index (χ4v) is 3.07. The Morgan fingerprint density at radius 2 is 1.92 bits per heavy atom. The molecule has 0 fully saturated rings. The summed E-state index contributed by atoms with van der Waals surface area (Å²) in [6, 6.07) is 0. The maximum Gasteiger partial charge on any atom is 0.176 e. The lowest BCUT2D eigenvalue weighted by Gasteiger charge is -2.34. The van der Waals surface area contributed by atoms with Crippen LogP contribution in [0.1, 0.15) is 60.3 Å². The van der Waals surface area contributed by atoms with Crippen molar-refractivity contribution >= 4 is 11.6 Å². The fourth-order valence-electron chi connectivity index (χ4n) is 3.07. The van der Waals surface area contributed by atoms with Crippen molar-refractivity contribution < 1.29 is 24.9 Å². The summed E-state index contributed by atoms with van der Waals surface area (Å²) in [6.07, 6.45) is 1.50.